The van der Waals surface area contributed by atoms with Crippen molar-refractivity contribution in [2.24, 2.45) is 0 Å². The molecule has 1 nitrogen and oxygen atoms in total. The van der Waals surface area contributed by atoms with Gasteiger partial charge in [-0.1, -0.05) is 68.7 Å². The predicted molar refractivity (Wildman–Crippen MR) is 145 cm³/mol. The van der Waals surface area contributed by atoms with Crippen LogP contribution in [0, 0.1) is 10.5 Å². The summed E-state index contributed by atoms with van der Waals surface area (Å²) in [6.07, 6.45) is -2.36. The molecule has 1 aliphatic carbocycles. The minimum absolute atomic E-state index is 0.0608. The van der Waals surface area contributed by atoms with Crippen LogP contribution in [0.1, 0.15) is 68.7 Å². The van der Waals surface area contributed by atoms with Crippen molar-refractivity contribution < 1.29 is 17.9 Å². The molecule has 35 heavy (non-hydrogen) atoms. The highest BCUT2D eigenvalue weighted by Crippen LogP contribution is 2.52. The average molecular weight is 592 g/mol. The van der Waals surface area contributed by atoms with Gasteiger partial charge in [0.25, 0.3) is 0 Å². The van der Waals surface area contributed by atoms with Gasteiger partial charge in [-0.25, -0.2) is 0 Å². The van der Waals surface area contributed by atoms with Crippen LogP contribution in [-0.2, 0) is 10.8 Å². The zero-order valence-corrected chi connectivity index (χ0v) is 22.9. The number of hydrogen-bond donors (Lipinski definition) is 0. The Hall–Kier alpha value is -2.02. The maximum Gasteiger partial charge on any atom is 0.398 e. The molecular formula is C30H32F3IO. The zero-order chi connectivity index (χ0) is 25.4. The van der Waals surface area contributed by atoms with Crippen LogP contribution >= 0.6 is 22.6 Å². The van der Waals surface area contributed by atoms with Crippen LogP contribution in [0.5, 0.6) is 5.75 Å². The lowest BCUT2D eigenvalue weighted by atomic mass is 9.74. The Morgan fingerprint density at radius 3 is 2.11 bits per heavy atom. The lowest BCUT2D eigenvalue weighted by Crippen LogP contribution is -2.39. The number of benzene rings is 3. The first-order valence-electron chi connectivity index (χ1n) is 12.1. The summed E-state index contributed by atoms with van der Waals surface area (Å²) in [6.45, 7) is 8.14. The van der Waals surface area contributed by atoms with E-state index in [1.54, 1.807) is 6.07 Å². The minimum Gasteiger partial charge on any atom is -0.494 e. The molecule has 1 aliphatic rings. The summed E-state index contributed by atoms with van der Waals surface area (Å²) < 4.78 is 50.2. The van der Waals surface area contributed by atoms with E-state index in [1.165, 1.54) is 12.5 Å². The number of halogens is 4. The number of fused-ring (bicyclic) bond motifs is 3. The fourth-order valence-corrected chi connectivity index (χ4v) is 5.48. The van der Waals surface area contributed by atoms with Gasteiger partial charge in [-0.2, -0.15) is 13.2 Å². The first-order chi connectivity index (χ1) is 16.4. The van der Waals surface area contributed by atoms with Crippen LogP contribution in [0.2, 0.25) is 0 Å². The Morgan fingerprint density at radius 2 is 1.46 bits per heavy atom. The Labute approximate surface area is 220 Å². The molecule has 0 saturated heterocycles. The quantitative estimate of drug-likeness (QED) is 0.187. The molecule has 0 radical (unpaired) electrons. The highest BCUT2D eigenvalue weighted by molar-refractivity contribution is 14.1. The van der Waals surface area contributed by atoms with Crippen molar-refractivity contribution in [3.05, 3.63) is 86.5 Å². The summed E-state index contributed by atoms with van der Waals surface area (Å²) in [6, 6.07) is 19.5. The summed E-state index contributed by atoms with van der Waals surface area (Å²) in [5.74, 6) is 0.794. The van der Waals surface area contributed by atoms with Gasteiger partial charge in [0.2, 0.25) is 0 Å². The van der Waals surface area contributed by atoms with Crippen molar-refractivity contribution in [3.8, 4) is 16.9 Å². The summed E-state index contributed by atoms with van der Waals surface area (Å²) >= 11 is 2.24. The summed E-state index contributed by atoms with van der Waals surface area (Å²) in [5, 5.41) is 0. The normalized spacial score (nSPS) is 15.9. The smallest absolute Gasteiger partial charge is 0.398 e. The monoisotopic (exact) mass is 592 g/mol. The van der Waals surface area contributed by atoms with E-state index in [2.05, 4.69) is 61.6 Å². The Kier molecular flexibility index (Phi) is 7.29. The van der Waals surface area contributed by atoms with Gasteiger partial charge in [-0.05, 0) is 101 Å². The third-order valence-electron chi connectivity index (χ3n) is 7.50. The van der Waals surface area contributed by atoms with Crippen molar-refractivity contribution in [1.29, 1.82) is 0 Å². The van der Waals surface area contributed by atoms with Crippen LogP contribution < -0.4 is 4.74 Å². The van der Waals surface area contributed by atoms with E-state index in [-0.39, 0.29) is 11.8 Å². The SMILES string of the molecule is Cc1ccc2c(c1)C(C)(C)c1cc(C(C)(CCCCCOc3ccc(I)cc3)C(F)(F)F)ccc1-2. The predicted octanol–water partition coefficient (Wildman–Crippen LogP) is 9.37. The molecule has 0 spiro atoms. The second-order valence-corrected chi connectivity index (χ2v) is 11.6. The van der Waals surface area contributed by atoms with E-state index >= 15 is 0 Å². The van der Waals surface area contributed by atoms with E-state index in [0.29, 0.717) is 25.0 Å². The number of hydrogen-bond acceptors (Lipinski definition) is 1. The van der Waals surface area contributed by atoms with Crippen molar-refractivity contribution in [2.45, 2.75) is 70.4 Å². The topological polar surface area (TPSA) is 9.23 Å². The Bertz CT molecular complexity index is 1200. The van der Waals surface area contributed by atoms with Crippen LogP contribution in [0.15, 0.2) is 60.7 Å². The van der Waals surface area contributed by atoms with E-state index in [1.807, 2.05) is 36.4 Å². The van der Waals surface area contributed by atoms with E-state index in [0.717, 1.165) is 38.0 Å². The molecule has 0 heterocycles. The lowest BCUT2D eigenvalue weighted by molar-refractivity contribution is -0.188. The maximum atomic E-state index is 14.5. The van der Waals surface area contributed by atoms with Crippen LogP contribution in [-0.4, -0.2) is 12.8 Å². The van der Waals surface area contributed by atoms with Crippen molar-refractivity contribution >= 4 is 22.6 Å². The van der Waals surface area contributed by atoms with Gasteiger partial charge in [0.1, 0.15) is 5.75 Å². The van der Waals surface area contributed by atoms with Crippen molar-refractivity contribution in [3.63, 3.8) is 0 Å². The van der Waals surface area contributed by atoms with Crippen molar-refractivity contribution in [2.75, 3.05) is 6.61 Å². The number of rotatable bonds is 8. The van der Waals surface area contributed by atoms with Gasteiger partial charge < -0.3 is 4.74 Å². The first kappa shape index (κ1) is 26.1. The minimum atomic E-state index is -4.33. The molecule has 3 aromatic rings. The lowest BCUT2D eigenvalue weighted by Gasteiger charge is -2.34. The van der Waals surface area contributed by atoms with Crippen LogP contribution in [0.25, 0.3) is 11.1 Å². The fourth-order valence-electron chi connectivity index (χ4n) is 5.12. The molecule has 0 N–H and O–H groups in total. The second-order valence-electron chi connectivity index (χ2n) is 10.4. The van der Waals surface area contributed by atoms with Gasteiger partial charge in [0, 0.05) is 8.99 Å². The number of ether oxygens (including phenoxy) is 1. The standard InChI is InChI=1S/C30H32F3IO/c1-20-8-14-24-25-15-9-21(19-27(25)28(2,3)26(24)18-20)29(4,30(31,32)33)16-6-5-7-17-35-23-12-10-22(34)11-13-23/h8-15,18-19H,5-7,16-17H2,1-4H3. The molecule has 4 rings (SSSR count). The fraction of sp³-hybridized carbons (Fsp3) is 0.400. The molecular weight excluding hydrogens is 560 g/mol. The second kappa shape index (κ2) is 9.79. The molecule has 0 amide bonds. The summed E-state index contributed by atoms with van der Waals surface area (Å²) in [5.41, 5.74) is 3.65. The largest absolute Gasteiger partial charge is 0.494 e. The highest BCUT2D eigenvalue weighted by Gasteiger charge is 2.52. The summed E-state index contributed by atoms with van der Waals surface area (Å²) in [7, 11) is 0. The molecule has 3 aromatic carbocycles. The van der Waals surface area contributed by atoms with Crippen molar-refractivity contribution in [1.82, 2.24) is 0 Å². The van der Waals surface area contributed by atoms with Gasteiger partial charge in [-0.15, -0.1) is 0 Å². The molecule has 0 aromatic heterocycles. The van der Waals surface area contributed by atoms with Gasteiger partial charge in [0.05, 0.1) is 12.0 Å². The molecule has 186 valence electrons. The van der Waals surface area contributed by atoms with Crippen LogP contribution in [0.4, 0.5) is 13.2 Å². The molecule has 1 unspecified atom stereocenters. The zero-order valence-electron chi connectivity index (χ0n) is 20.7. The molecule has 0 aliphatic heterocycles. The molecule has 0 saturated carbocycles. The van der Waals surface area contributed by atoms with Gasteiger partial charge in [-0.3, -0.25) is 0 Å². The molecule has 5 heteroatoms. The average Bonchev–Trinajstić information content (AvgIpc) is 3.02. The van der Waals surface area contributed by atoms with E-state index in [9.17, 15) is 13.2 Å². The first-order valence-corrected chi connectivity index (χ1v) is 13.2. The Balaban J connectivity index is 1.47. The van der Waals surface area contributed by atoms with Gasteiger partial charge >= 0.3 is 6.18 Å². The number of alkyl halides is 3. The van der Waals surface area contributed by atoms with Crippen LogP contribution in [0.3, 0.4) is 0 Å². The number of unbranched alkanes of at least 4 members (excludes halogenated alkanes) is 2. The highest BCUT2D eigenvalue weighted by atomic mass is 127. The maximum absolute atomic E-state index is 14.5. The van der Waals surface area contributed by atoms with Gasteiger partial charge in [0.15, 0.2) is 0 Å². The van der Waals surface area contributed by atoms with E-state index in [4.69, 9.17) is 4.74 Å². The third kappa shape index (κ3) is 5.11. The molecule has 1 atom stereocenters. The molecule has 0 bridgehead atoms. The third-order valence-corrected chi connectivity index (χ3v) is 8.22. The Morgan fingerprint density at radius 1 is 0.829 bits per heavy atom. The molecule has 0 fully saturated rings. The summed E-state index contributed by atoms with van der Waals surface area (Å²) in [4.78, 5) is 0. The number of aryl methyl sites for hydroxylation is 1. The van der Waals surface area contributed by atoms with E-state index < -0.39 is 11.6 Å².